The number of aromatic nitrogens is 2. The van der Waals surface area contributed by atoms with Crippen molar-refractivity contribution in [1.82, 2.24) is 15.1 Å². The monoisotopic (exact) mass is 367 g/mol. The van der Waals surface area contributed by atoms with Crippen LogP contribution >= 0.6 is 0 Å². The Hall–Kier alpha value is -3.15. The third-order valence-electron chi connectivity index (χ3n) is 4.52. The first-order chi connectivity index (χ1) is 12.9. The highest BCUT2D eigenvalue weighted by Crippen LogP contribution is 2.17. The van der Waals surface area contributed by atoms with Crippen LogP contribution in [0.3, 0.4) is 0 Å². The minimum atomic E-state index is -0.298. The van der Waals surface area contributed by atoms with Gasteiger partial charge in [0.1, 0.15) is 18.2 Å². The molecule has 140 valence electrons. The molecule has 0 aliphatic rings. The first-order valence-electron chi connectivity index (χ1n) is 8.70. The molecule has 0 aliphatic heterocycles. The number of hydrogen-bond acceptors (Lipinski definition) is 3. The Bertz CT molecular complexity index is 918. The molecular weight excluding hydrogens is 345 g/mol. The summed E-state index contributed by atoms with van der Waals surface area (Å²) in [6.07, 6.45) is 1.77. The average Bonchev–Trinajstić information content (AvgIpc) is 3.00. The maximum atomic E-state index is 12.9. The first kappa shape index (κ1) is 18.6. The number of hydrogen-bond donors (Lipinski definition) is 1. The summed E-state index contributed by atoms with van der Waals surface area (Å²) in [6, 6.07) is 13.0. The third-order valence-corrected chi connectivity index (χ3v) is 4.52. The van der Waals surface area contributed by atoms with Crippen LogP contribution in [-0.4, -0.2) is 15.7 Å². The van der Waals surface area contributed by atoms with Crippen molar-refractivity contribution < 1.29 is 13.9 Å². The van der Waals surface area contributed by atoms with E-state index >= 15 is 0 Å². The summed E-state index contributed by atoms with van der Waals surface area (Å²) in [4.78, 5) is 12.5. The molecule has 0 saturated carbocycles. The molecular formula is C21H22FN3O2. The molecule has 0 saturated heterocycles. The minimum Gasteiger partial charge on any atom is -0.489 e. The summed E-state index contributed by atoms with van der Waals surface area (Å²) in [7, 11) is 1.88. The van der Waals surface area contributed by atoms with Gasteiger partial charge in [-0.15, -0.1) is 0 Å². The smallest absolute Gasteiger partial charge is 0.251 e. The van der Waals surface area contributed by atoms with E-state index < -0.39 is 0 Å². The number of amides is 1. The van der Waals surface area contributed by atoms with Crippen LogP contribution in [0.1, 0.15) is 40.1 Å². The van der Waals surface area contributed by atoms with Gasteiger partial charge in [-0.05, 0) is 55.8 Å². The summed E-state index contributed by atoms with van der Waals surface area (Å²) in [5.74, 6) is 0.157. The van der Waals surface area contributed by atoms with Crippen LogP contribution in [0.4, 0.5) is 4.39 Å². The Balaban J connectivity index is 1.58. The highest BCUT2D eigenvalue weighted by molar-refractivity contribution is 5.94. The summed E-state index contributed by atoms with van der Waals surface area (Å²) in [5, 5.41) is 7.20. The molecule has 3 aromatic rings. The molecule has 0 spiro atoms. The molecule has 1 N–H and O–H groups in total. The van der Waals surface area contributed by atoms with Crippen LogP contribution in [0.25, 0.3) is 0 Å². The molecule has 0 aliphatic carbocycles. The van der Waals surface area contributed by atoms with Crippen molar-refractivity contribution >= 4 is 5.91 Å². The molecule has 1 heterocycles. The molecule has 2 aromatic carbocycles. The lowest BCUT2D eigenvalue weighted by Crippen LogP contribution is -2.26. The van der Waals surface area contributed by atoms with Gasteiger partial charge in [-0.1, -0.05) is 12.1 Å². The zero-order chi connectivity index (χ0) is 19.4. The molecule has 0 radical (unpaired) electrons. The van der Waals surface area contributed by atoms with Gasteiger partial charge in [0, 0.05) is 23.9 Å². The number of aryl methyl sites for hydroxylation is 1. The molecule has 0 fully saturated rings. The standard InChI is InChI=1S/C21H22FN3O2/c1-14(20-12-23-25(3)15(20)2)24-21(26)17-6-4-16(5-7-17)13-27-19-10-8-18(22)9-11-19/h4-12,14H,13H2,1-3H3,(H,24,26). The summed E-state index contributed by atoms with van der Waals surface area (Å²) in [6.45, 7) is 4.26. The maximum absolute atomic E-state index is 12.9. The summed E-state index contributed by atoms with van der Waals surface area (Å²) < 4.78 is 20.3. The number of nitrogens with one attached hydrogen (secondary N) is 1. The molecule has 3 rings (SSSR count). The third kappa shape index (κ3) is 4.53. The van der Waals surface area contributed by atoms with Crippen LogP contribution in [0.15, 0.2) is 54.7 Å². The minimum absolute atomic E-state index is 0.132. The molecule has 27 heavy (non-hydrogen) atoms. The van der Waals surface area contributed by atoms with Crippen LogP contribution in [0.5, 0.6) is 5.75 Å². The van der Waals surface area contributed by atoms with Crippen molar-refractivity contribution in [3.63, 3.8) is 0 Å². The van der Waals surface area contributed by atoms with Crippen LogP contribution in [0, 0.1) is 12.7 Å². The van der Waals surface area contributed by atoms with E-state index in [1.165, 1.54) is 12.1 Å². The molecule has 1 unspecified atom stereocenters. The van der Waals surface area contributed by atoms with Gasteiger partial charge in [0.2, 0.25) is 0 Å². The zero-order valence-corrected chi connectivity index (χ0v) is 15.6. The Morgan fingerprint density at radius 1 is 1.19 bits per heavy atom. The summed E-state index contributed by atoms with van der Waals surface area (Å²) >= 11 is 0. The highest BCUT2D eigenvalue weighted by atomic mass is 19.1. The van der Waals surface area contributed by atoms with Crippen molar-refractivity contribution in [2.45, 2.75) is 26.5 Å². The van der Waals surface area contributed by atoms with E-state index in [2.05, 4.69) is 10.4 Å². The topological polar surface area (TPSA) is 56.1 Å². The van der Waals surface area contributed by atoms with Gasteiger partial charge in [0.15, 0.2) is 0 Å². The van der Waals surface area contributed by atoms with E-state index in [1.807, 2.05) is 33.0 Å². The molecule has 1 aromatic heterocycles. The maximum Gasteiger partial charge on any atom is 0.251 e. The van der Waals surface area contributed by atoms with E-state index in [4.69, 9.17) is 4.74 Å². The van der Waals surface area contributed by atoms with Crippen molar-refractivity contribution in [1.29, 1.82) is 0 Å². The van der Waals surface area contributed by atoms with Gasteiger partial charge in [-0.3, -0.25) is 9.48 Å². The number of benzene rings is 2. The zero-order valence-electron chi connectivity index (χ0n) is 15.6. The molecule has 6 heteroatoms. The molecule has 1 atom stereocenters. The number of nitrogens with zero attached hydrogens (tertiary/aromatic N) is 2. The predicted octanol–water partition coefficient (Wildman–Crippen LogP) is 3.94. The van der Waals surface area contributed by atoms with E-state index in [0.29, 0.717) is 17.9 Å². The fourth-order valence-electron chi connectivity index (χ4n) is 2.75. The normalized spacial score (nSPS) is 11.9. The second kappa shape index (κ2) is 8.03. The number of carbonyl (C=O) groups is 1. The van der Waals surface area contributed by atoms with E-state index in [0.717, 1.165) is 16.8 Å². The second-order valence-electron chi connectivity index (χ2n) is 6.44. The lowest BCUT2D eigenvalue weighted by Gasteiger charge is -2.14. The lowest BCUT2D eigenvalue weighted by atomic mass is 10.1. The summed E-state index contributed by atoms with van der Waals surface area (Å²) in [5.41, 5.74) is 3.52. The predicted molar refractivity (Wildman–Crippen MR) is 101 cm³/mol. The van der Waals surface area contributed by atoms with E-state index in [-0.39, 0.29) is 17.8 Å². The Morgan fingerprint density at radius 2 is 1.85 bits per heavy atom. The molecule has 1 amide bonds. The fourth-order valence-corrected chi connectivity index (χ4v) is 2.75. The van der Waals surface area contributed by atoms with Crippen LogP contribution < -0.4 is 10.1 Å². The van der Waals surface area contributed by atoms with Gasteiger partial charge >= 0.3 is 0 Å². The van der Waals surface area contributed by atoms with E-state index in [9.17, 15) is 9.18 Å². The fraction of sp³-hybridized carbons (Fsp3) is 0.238. The number of halogens is 1. The van der Waals surface area contributed by atoms with Gasteiger partial charge in [-0.25, -0.2) is 4.39 Å². The first-order valence-corrected chi connectivity index (χ1v) is 8.70. The average molecular weight is 367 g/mol. The van der Waals surface area contributed by atoms with E-state index in [1.54, 1.807) is 35.1 Å². The van der Waals surface area contributed by atoms with Gasteiger partial charge < -0.3 is 10.1 Å². The van der Waals surface area contributed by atoms with Gasteiger partial charge in [-0.2, -0.15) is 5.10 Å². The van der Waals surface area contributed by atoms with Gasteiger partial charge in [0.05, 0.1) is 12.2 Å². The SMILES string of the molecule is Cc1c(C(C)NC(=O)c2ccc(COc3ccc(F)cc3)cc2)cnn1C. The quantitative estimate of drug-likeness (QED) is 0.718. The Morgan fingerprint density at radius 3 is 2.44 bits per heavy atom. The molecule has 0 bridgehead atoms. The Kier molecular flexibility index (Phi) is 5.54. The van der Waals surface area contributed by atoms with Crippen molar-refractivity contribution in [3.8, 4) is 5.75 Å². The van der Waals surface area contributed by atoms with Crippen molar-refractivity contribution in [2.75, 3.05) is 0 Å². The largest absolute Gasteiger partial charge is 0.489 e. The highest BCUT2D eigenvalue weighted by Gasteiger charge is 2.15. The van der Waals surface area contributed by atoms with Crippen LogP contribution in [-0.2, 0) is 13.7 Å². The lowest BCUT2D eigenvalue weighted by molar-refractivity contribution is 0.0939. The second-order valence-corrected chi connectivity index (χ2v) is 6.44. The number of carbonyl (C=O) groups excluding carboxylic acids is 1. The van der Waals surface area contributed by atoms with Crippen molar-refractivity contribution in [2.24, 2.45) is 7.05 Å². The van der Waals surface area contributed by atoms with Gasteiger partial charge in [0.25, 0.3) is 5.91 Å². The number of ether oxygens (including phenoxy) is 1. The van der Waals surface area contributed by atoms with Crippen molar-refractivity contribution in [3.05, 3.63) is 82.9 Å². The number of rotatable bonds is 6. The molecule has 5 nitrogen and oxygen atoms in total. The van der Waals surface area contributed by atoms with Crippen LogP contribution in [0.2, 0.25) is 0 Å². The Labute approximate surface area is 157 Å².